The van der Waals surface area contributed by atoms with Crippen LogP contribution in [0.3, 0.4) is 0 Å². The molecule has 0 heterocycles. The van der Waals surface area contributed by atoms with Crippen LogP contribution in [0.1, 0.15) is 10.4 Å². The first kappa shape index (κ1) is 21.2. The van der Waals surface area contributed by atoms with Crippen molar-refractivity contribution >= 4 is 54.8 Å². The minimum Gasteiger partial charge on any atom is -0.495 e. The van der Waals surface area contributed by atoms with Gasteiger partial charge in [-0.2, -0.15) is 0 Å². The summed E-state index contributed by atoms with van der Waals surface area (Å²) in [6.45, 7) is 0. The molecule has 29 heavy (non-hydrogen) atoms. The largest absolute Gasteiger partial charge is 0.495 e. The second kappa shape index (κ2) is 8.86. The van der Waals surface area contributed by atoms with Gasteiger partial charge in [0, 0.05) is 10.2 Å². The highest BCUT2D eigenvalue weighted by Gasteiger charge is 2.22. The van der Waals surface area contributed by atoms with Gasteiger partial charge in [0.25, 0.3) is 15.9 Å². The van der Waals surface area contributed by atoms with E-state index in [1.165, 1.54) is 19.2 Å². The van der Waals surface area contributed by atoms with Crippen molar-refractivity contribution in [2.24, 2.45) is 0 Å². The normalized spacial score (nSPS) is 11.0. The number of hydrogen-bond acceptors (Lipinski definition) is 4. The zero-order chi connectivity index (χ0) is 21.0. The average Bonchev–Trinajstić information content (AvgIpc) is 2.70. The van der Waals surface area contributed by atoms with E-state index in [4.69, 9.17) is 16.3 Å². The highest BCUT2D eigenvalue weighted by Crippen LogP contribution is 2.31. The Morgan fingerprint density at radius 1 is 1.03 bits per heavy atom. The van der Waals surface area contributed by atoms with Crippen LogP contribution in [0.25, 0.3) is 0 Å². The minimum atomic E-state index is -4.03. The van der Waals surface area contributed by atoms with Crippen molar-refractivity contribution in [1.29, 1.82) is 0 Å². The Bertz CT molecular complexity index is 1170. The maximum Gasteiger partial charge on any atom is 0.265 e. The summed E-state index contributed by atoms with van der Waals surface area (Å²) in [6, 6.07) is 17.7. The Morgan fingerprint density at radius 3 is 2.41 bits per heavy atom. The van der Waals surface area contributed by atoms with E-state index in [9.17, 15) is 13.2 Å². The summed E-state index contributed by atoms with van der Waals surface area (Å²) < 4.78 is 34.1. The first-order valence-electron chi connectivity index (χ1n) is 8.33. The Kier molecular flexibility index (Phi) is 6.46. The molecule has 3 rings (SSSR count). The zero-order valence-corrected chi connectivity index (χ0v) is 18.3. The predicted molar refractivity (Wildman–Crippen MR) is 117 cm³/mol. The number of para-hydroxylation sites is 1. The highest BCUT2D eigenvalue weighted by atomic mass is 79.9. The number of hydrogen-bond donors (Lipinski definition) is 2. The Morgan fingerprint density at radius 2 is 1.72 bits per heavy atom. The third kappa shape index (κ3) is 4.90. The standard InChI is InChI=1S/C20H16BrClN2O4S/c1-28-18-11-10-13(23-20(25)14-6-2-3-7-15(14)21)12-19(18)29(26,27)24-17-9-5-4-8-16(17)22/h2-12,24H,1H3,(H,23,25). The Balaban J connectivity index is 1.94. The molecule has 0 unspecified atom stereocenters. The quantitative estimate of drug-likeness (QED) is 0.494. The molecule has 1 amide bonds. The number of benzene rings is 3. The van der Waals surface area contributed by atoms with Gasteiger partial charge in [0.2, 0.25) is 0 Å². The van der Waals surface area contributed by atoms with Crippen molar-refractivity contribution in [2.75, 3.05) is 17.1 Å². The topological polar surface area (TPSA) is 84.5 Å². The third-order valence-electron chi connectivity index (χ3n) is 3.95. The van der Waals surface area contributed by atoms with Crippen LogP contribution in [-0.4, -0.2) is 21.4 Å². The maximum absolute atomic E-state index is 12.9. The Hall–Kier alpha value is -2.55. The van der Waals surface area contributed by atoms with Crippen LogP contribution in [0.2, 0.25) is 5.02 Å². The van der Waals surface area contributed by atoms with Crippen molar-refractivity contribution in [1.82, 2.24) is 0 Å². The first-order chi connectivity index (χ1) is 13.8. The highest BCUT2D eigenvalue weighted by molar-refractivity contribution is 9.10. The molecule has 6 nitrogen and oxygen atoms in total. The molecule has 0 fully saturated rings. The van der Waals surface area contributed by atoms with Gasteiger partial charge in [0.15, 0.2) is 0 Å². The lowest BCUT2D eigenvalue weighted by Crippen LogP contribution is -2.16. The summed E-state index contributed by atoms with van der Waals surface area (Å²) in [5, 5.41) is 2.95. The monoisotopic (exact) mass is 494 g/mol. The molecule has 2 N–H and O–H groups in total. The summed E-state index contributed by atoms with van der Waals surface area (Å²) in [7, 11) is -2.67. The number of carbonyl (C=O) groups is 1. The fraction of sp³-hybridized carbons (Fsp3) is 0.0500. The van der Waals surface area contributed by atoms with Gasteiger partial charge in [-0.25, -0.2) is 8.42 Å². The number of ether oxygens (including phenoxy) is 1. The number of carbonyl (C=O) groups excluding carboxylic acids is 1. The molecule has 0 saturated carbocycles. The molecule has 0 atom stereocenters. The molecule has 0 aromatic heterocycles. The predicted octanol–water partition coefficient (Wildman–Crippen LogP) is 5.16. The number of nitrogens with one attached hydrogen (secondary N) is 2. The summed E-state index contributed by atoms with van der Waals surface area (Å²) in [5.74, 6) is -0.256. The SMILES string of the molecule is COc1ccc(NC(=O)c2ccccc2Br)cc1S(=O)(=O)Nc1ccccc1Cl. The van der Waals surface area contributed by atoms with Gasteiger partial charge in [-0.1, -0.05) is 35.9 Å². The number of amides is 1. The molecular formula is C20H16BrClN2O4S. The zero-order valence-electron chi connectivity index (χ0n) is 15.1. The van der Waals surface area contributed by atoms with Gasteiger partial charge < -0.3 is 10.1 Å². The van der Waals surface area contributed by atoms with Gasteiger partial charge in [-0.05, 0) is 58.4 Å². The Labute approximate surface area is 182 Å². The molecule has 3 aromatic rings. The van der Waals surface area contributed by atoms with Gasteiger partial charge in [-0.3, -0.25) is 9.52 Å². The molecule has 0 aliphatic rings. The summed E-state index contributed by atoms with van der Waals surface area (Å²) in [5.41, 5.74) is 0.951. The molecule has 0 saturated heterocycles. The van der Waals surface area contributed by atoms with E-state index >= 15 is 0 Å². The molecule has 0 aliphatic carbocycles. The van der Waals surface area contributed by atoms with Crippen molar-refractivity contribution in [3.63, 3.8) is 0 Å². The number of methoxy groups -OCH3 is 1. The fourth-order valence-electron chi connectivity index (χ4n) is 2.55. The number of rotatable bonds is 6. The average molecular weight is 496 g/mol. The minimum absolute atomic E-state index is 0.128. The second-order valence-corrected chi connectivity index (χ2v) is 8.80. The van der Waals surface area contributed by atoms with Gasteiger partial charge in [-0.15, -0.1) is 0 Å². The molecule has 0 aliphatic heterocycles. The van der Waals surface area contributed by atoms with Crippen LogP contribution in [0.15, 0.2) is 76.1 Å². The third-order valence-corrected chi connectivity index (χ3v) is 6.36. The van der Waals surface area contributed by atoms with Gasteiger partial charge >= 0.3 is 0 Å². The molecule has 0 radical (unpaired) electrons. The smallest absolute Gasteiger partial charge is 0.265 e. The summed E-state index contributed by atoms with van der Waals surface area (Å²) in [4.78, 5) is 12.4. The summed E-state index contributed by atoms with van der Waals surface area (Å²) in [6.07, 6.45) is 0. The molecular weight excluding hydrogens is 480 g/mol. The number of anilines is 2. The van der Waals surface area contributed by atoms with E-state index in [1.54, 1.807) is 54.6 Å². The van der Waals surface area contributed by atoms with E-state index in [2.05, 4.69) is 26.0 Å². The molecule has 0 spiro atoms. The first-order valence-corrected chi connectivity index (χ1v) is 11.0. The van der Waals surface area contributed by atoms with Crippen LogP contribution in [0.5, 0.6) is 5.75 Å². The van der Waals surface area contributed by atoms with Crippen LogP contribution < -0.4 is 14.8 Å². The molecule has 150 valence electrons. The van der Waals surface area contributed by atoms with Crippen LogP contribution in [0.4, 0.5) is 11.4 Å². The second-order valence-electron chi connectivity index (χ2n) is 5.88. The van der Waals surface area contributed by atoms with E-state index in [0.29, 0.717) is 15.7 Å². The number of sulfonamides is 1. The van der Waals surface area contributed by atoms with Gasteiger partial charge in [0.05, 0.1) is 23.4 Å². The van der Waals surface area contributed by atoms with Crippen LogP contribution in [0, 0.1) is 0 Å². The maximum atomic E-state index is 12.9. The molecule has 3 aromatic carbocycles. The van der Waals surface area contributed by atoms with Crippen molar-refractivity contribution < 1.29 is 17.9 Å². The van der Waals surface area contributed by atoms with E-state index < -0.39 is 10.0 Å². The fourth-order valence-corrected chi connectivity index (χ4v) is 4.53. The molecule has 9 heteroatoms. The van der Waals surface area contributed by atoms with Crippen molar-refractivity contribution in [2.45, 2.75) is 4.90 Å². The van der Waals surface area contributed by atoms with Gasteiger partial charge in [0.1, 0.15) is 10.6 Å². The van der Waals surface area contributed by atoms with Crippen LogP contribution in [-0.2, 0) is 10.0 Å². The van der Waals surface area contributed by atoms with E-state index in [0.717, 1.165) is 0 Å². The molecule has 0 bridgehead atoms. The summed E-state index contributed by atoms with van der Waals surface area (Å²) >= 11 is 9.38. The van der Waals surface area contributed by atoms with E-state index in [-0.39, 0.29) is 27.3 Å². The lowest BCUT2D eigenvalue weighted by molar-refractivity contribution is 0.102. The number of halogens is 2. The van der Waals surface area contributed by atoms with E-state index in [1.807, 2.05) is 0 Å². The van der Waals surface area contributed by atoms with Crippen molar-refractivity contribution in [3.8, 4) is 5.75 Å². The van der Waals surface area contributed by atoms with Crippen LogP contribution >= 0.6 is 27.5 Å². The lowest BCUT2D eigenvalue weighted by atomic mass is 10.2. The van der Waals surface area contributed by atoms with Crippen molar-refractivity contribution in [3.05, 3.63) is 81.8 Å². The lowest BCUT2D eigenvalue weighted by Gasteiger charge is -2.14.